The average molecular weight is 563 g/mol. The molecule has 2 heterocycles. The minimum Gasteiger partial charge on any atom is -0.456 e. The normalized spacial score (nSPS) is 32.2. The summed E-state index contributed by atoms with van der Waals surface area (Å²) in [5, 5.41) is 0. The summed E-state index contributed by atoms with van der Waals surface area (Å²) >= 11 is 0. The molecule has 2 saturated heterocycles. The third-order valence-electron chi connectivity index (χ3n) is 5.51. The number of rotatable bonds is 9. The predicted molar refractivity (Wildman–Crippen MR) is 123 cm³/mol. The standard InChI is InChI=1S/C24H34O15/c1-10-19(35-12(3)26)22(38-15(6)29)23(39-16(7)30)24(33-10)32-8-17-20(36-13(4)27)21(37-14(5)28)18(9-31-17)34-11(2)25/h10,17-24H,8-9H2,1-7H3/t10?,17?,18?,19-,20+,21?,22?,23?,24+/m0/s1. The first-order valence-corrected chi connectivity index (χ1v) is 12.1. The summed E-state index contributed by atoms with van der Waals surface area (Å²) in [4.78, 5) is 70.6. The lowest BCUT2D eigenvalue weighted by Gasteiger charge is -2.44. The van der Waals surface area contributed by atoms with Crippen molar-refractivity contribution in [1.82, 2.24) is 0 Å². The Balaban J connectivity index is 2.32. The fourth-order valence-corrected chi connectivity index (χ4v) is 4.25. The molecule has 0 aromatic heterocycles. The number of carbonyl (C=O) groups is 6. The van der Waals surface area contributed by atoms with Crippen molar-refractivity contribution in [2.75, 3.05) is 13.2 Å². The van der Waals surface area contributed by atoms with Crippen molar-refractivity contribution in [2.45, 2.75) is 104 Å². The van der Waals surface area contributed by atoms with E-state index in [1.54, 1.807) is 0 Å². The van der Waals surface area contributed by atoms with Crippen LogP contribution < -0.4 is 0 Å². The minimum absolute atomic E-state index is 0.233. The van der Waals surface area contributed by atoms with Crippen molar-refractivity contribution in [1.29, 1.82) is 0 Å². The number of carbonyl (C=O) groups excluding carboxylic acids is 6. The molecule has 2 rings (SSSR count). The highest BCUT2D eigenvalue weighted by Crippen LogP contribution is 2.31. The van der Waals surface area contributed by atoms with Crippen LogP contribution in [-0.2, 0) is 71.4 Å². The zero-order chi connectivity index (χ0) is 29.4. The average Bonchev–Trinajstić information content (AvgIpc) is 2.78. The van der Waals surface area contributed by atoms with E-state index in [9.17, 15) is 28.8 Å². The molecule has 0 N–H and O–H groups in total. The Hall–Kier alpha value is -3.30. The van der Waals surface area contributed by atoms with Crippen LogP contribution in [0.3, 0.4) is 0 Å². The topological polar surface area (TPSA) is 185 Å². The van der Waals surface area contributed by atoms with Crippen LogP contribution in [0, 0.1) is 0 Å². The Bertz CT molecular complexity index is 932. The third-order valence-corrected chi connectivity index (χ3v) is 5.51. The van der Waals surface area contributed by atoms with E-state index in [4.69, 9.17) is 42.6 Å². The van der Waals surface area contributed by atoms with Gasteiger partial charge < -0.3 is 42.6 Å². The first-order chi connectivity index (χ1) is 18.2. The Morgan fingerprint density at radius 2 is 1.03 bits per heavy atom. The second-order valence-electron chi connectivity index (χ2n) is 8.93. The second-order valence-corrected chi connectivity index (χ2v) is 8.93. The Morgan fingerprint density at radius 3 is 1.54 bits per heavy atom. The zero-order valence-corrected chi connectivity index (χ0v) is 22.7. The van der Waals surface area contributed by atoms with Gasteiger partial charge in [-0.3, -0.25) is 28.8 Å². The maximum Gasteiger partial charge on any atom is 0.303 e. The van der Waals surface area contributed by atoms with Crippen molar-refractivity contribution in [3.8, 4) is 0 Å². The summed E-state index contributed by atoms with van der Waals surface area (Å²) in [5.74, 6) is -4.34. The lowest BCUT2D eigenvalue weighted by atomic mass is 9.98. The molecule has 0 amide bonds. The second kappa shape index (κ2) is 14.2. The molecule has 6 unspecified atom stereocenters. The largest absolute Gasteiger partial charge is 0.456 e. The predicted octanol–water partition coefficient (Wildman–Crippen LogP) is -0.263. The van der Waals surface area contributed by atoms with Crippen molar-refractivity contribution in [2.24, 2.45) is 0 Å². The highest BCUT2D eigenvalue weighted by Gasteiger charge is 2.52. The Labute approximate surface area is 224 Å². The van der Waals surface area contributed by atoms with Crippen LogP contribution in [0.4, 0.5) is 0 Å². The van der Waals surface area contributed by atoms with Crippen molar-refractivity contribution in [3.05, 3.63) is 0 Å². The van der Waals surface area contributed by atoms with E-state index in [2.05, 4.69) is 0 Å². The lowest BCUT2D eigenvalue weighted by Crippen LogP contribution is -2.62. The quantitative estimate of drug-likeness (QED) is 0.264. The van der Waals surface area contributed by atoms with Crippen LogP contribution in [0.2, 0.25) is 0 Å². The summed E-state index contributed by atoms with van der Waals surface area (Å²) < 4.78 is 49.2. The molecule has 0 aliphatic carbocycles. The SMILES string of the molecule is CC(=O)OC1COC(CO[C@@H]2OC(C)[C@H](OC(C)=O)C(OC(C)=O)C2OC(C)=O)[C@@H](OC(C)=O)C1OC(C)=O. The summed E-state index contributed by atoms with van der Waals surface area (Å²) in [5.41, 5.74) is 0. The molecule has 15 nitrogen and oxygen atoms in total. The van der Waals surface area contributed by atoms with E-state index in [0.717, 1.165) is 41.5 Å². The third kappa shape index (κ3) is 9.44. The zero-order valence-electron chi connectivity index (χ0n) is 22.7. The number of esters is 6. The number of ether oxygens (including phenoxy) is 9. The van der Waals surface area contributed by atoms with Crippen molar-refractivity contribution < 1.29 is 71.4 Å². The van der Waals surface area contributed by atoms with Crippen LogP contribution >= 0.6 is 0 Å². The van der Waals surface area contributed by atoms with Gasteiger partial charge >= 0.3 is 35.8 Å². The van der Waals surface area contributed by atoms with Crippen LogP contribution in [0.5, 0.6) is 0 Å². The van der Waals surface area contributed by atoms with Gasteiger partial charge in [0.1, 0.15) is 6.10 Å². The molecule has 0 radical (unpaired) electrons. The van der Waals surface area contributed by atoms with E-state index in [1.807, 2.05) is 0 Å². The number of hydrogen-bond donors (Lipinski definition) is 0. The molecule has 2 aliphatic rings. The lowest BCUT2D eigenvalue weighted by molar-refractivity contribution is -0.310. The van der Waals surface area contributed by atoms with Crippen LogP contribution in [0.1, 0.15) is 48.5 Å². The molecule has 0 bridgehead atoms. The molecule has 39 heavy (non-hydrogen) atoms. The van der Waals surface area contributed by atoms with Gasteiger partial charge in [-0.1, -0.05) is 0 Å². The highest BCUT2D eigenvalue weighted by molar-refractivity contribution is 5.69. The molecule has 0 aromatic carbocycles. The van der Waals surface area contributed by atoms with Gasteiger partial charge in [-0.05, 0) is 6.92 Å². The summed E-state index contributed by atoms with van der Waals surface area (Å²) in [6, 6.07) is 0. The fraction of sp³-hybridized carbons (Fsp3) is 0.750. The molecule has 2 aliphatic heterocycles. The maximum absolute atomic E-state index is 11.9. The van der Waals surface area contributed by atoms with Gasteiger partial charge in [-0.15, -0.1) is 0 Å². The van der Waals surface area contributed by atoms with E-state index >= 15 is 0 Å². The molecule has 9 atom stereocenters. The van der Waals surface area contributed by atoms with E-state index in [0.29, 0.717) is 0 Å². The van der Waals surface area contributed by atoms with Gasteiger partial charge in [-0.2, -0.15) is 0 Å². The van der Waals surface area contributed by atoms with Crippen LogP contribution in [0.25, 0.3) is 0 Å². The first-order valence-electron chi connectivity index (χ1n) is 12.1. The smallest absolute Gasteiger partial charge is 0.303 e. The summed E-state index contributed by atoms with van der Waals surface area (Å²) in [7, 11) is 0. The van der Waals surface area contributed by atoms with Gasteiger partial charge in [0.05, 0.1) is 19.3 Å². The van der Waals surface area contributed by atoms with Gasteiger partial charge in [0.2, 0.25) is 0 Å². The Kier molecular flexibility index (Phi) is 11.6. The van der Waals surface area contributed by atoms with Gasteiger partial charge in [0.25, 0.3) is 0 Å². The Morgan fingerprint density at radius 1 is 0.590 bits per heavy atom. The van der Waals surface area contributed by atoms with E-state index in [1.165, 1.54) is 6.92 Å². The summed E-state index contributed by atoms with van der Waals surface area (Å²) in [6.07, 6.45) is -10.7. The minimum atomic E-state index is -1.37. The molecule has 0 aromatic rings. The van der Waals surface area contributed by atoms with Crippen LogP contribution in [0.15, 0.2) is 0 Å². The van der Waals surface area contributed by atoms with E-state index < -0.39 is 90.9 Å². The molecule has 0 spiro atoms. The number of hydrogen-bond acceptors (Lipinski definition) is 15. The van der Waals surface area contributed by atoms with Crippen molar-refractivity contribution in [3.63, 3.8) is 0 Å². The highest BCUT2D eigenvalue weighted by atomic mass is 16.7. The fourth-order valence-electron chi connectivity index (χ4n) is 4.25. The first kappa shape index (κ1) is 31.9. The molecular weight excluding hydrogens is 528 g/mol. The maximum atomic E-state index is 11.9. The summed E-state index contributed by atoms with van der Waals surface area (Å²) in [6.45, 7) is 7.72. The van der Waals surface area contributed by atoms with Gasteiger partial charge in [0, 0.05) is 41.5 Å². The van der Waals surface area contributed by atoms with Gasteiger partial charge in [-0.25, -0.2) is 0 Å². The molecule has 220 valence electrons. The molecule has 15 heteroatoms. The molecular formula is C24H34O15. The van der Waals surface area contributed by atoms with Crippen LogP contribution in [-0.4, -0.2) is 104 Å². The monoisotopic (exact) mass is 562 g/mol. The molecule has 0 saturated carbocycles. The van der Waals surface area contributed by atoms with Gasteiger partial charge in [0.15, 0.2) is 42.9 Å². The van der Waals surface area contributed by atoms with Crippen molar-refractivity contribution >= 4 is 35.8 Å². The molecule has 2 fully saturated rings. The van der Waals surface area contributed by atoms with E-state index in [-0.39, 0.29) is 13.2 Å².